The summed E-state index contributed by atoms with van der Waals surface area (Å²) in [4.78, 5) is 22.0. The first-order valence-corrected chi connectivity index (χ1v) is 6.48. The van der Waals surface area contributed by atoms with E-state index in [0.717, 1.165) is 12.8 Å². The molecule has 3 atom stereocenters. The quantitative estimate of drug-likeness (QED) is 0.537. The molecule has 3 unspecified atom stereocenters. The molecular weight excluding hydrogens is 232 g/mol. The average Bonchev–Trinajstić information content (AvgIpc) is 2.26. The van der Waals surface area contributed by atoms with Crippen LogP contribution in [0.5, 0.6) is 0 Å². The van der Waals surface area contributed by atoms with Crippen LogP contribution in [-0.4, -0.2) is 38.4 Å². The van der Waals surface area contributed by atoms with Crippen LogP contribution < -0.4 is 0 Å². The molecule has 0 aliphatic heterocycles. The zero-order chi connectivity index (χ0) is 12.7. The number of unbranched alkanes of at least 4 members (excludes halogenated alkanes) is 1. The van der Waals surface area contributed by atoms with Gasteiger partial charge in [-0.25, -0.2) is 0 Å². The third kappa shape index (κ3) is 4.74. The van der Waals surface area contributed by atoms with Gasteiger partial charge in [0.1, 0.15) is 10.5 Å². The second kappa shape index (κ2) is 7.38. The molecule has 0 heterocycles. The standard InChI is InChI=1S/C10H18O5S/c1-4-5-6-15-10(13)8(3)16(14)7(2)9(11)12/h7-8H,4-6H2,1-3H3,(H,11,12). The highest BCUT2D eigenvalue weighted by Crippen LogP contribution is 2.06. The van der Waals surface area contributed by atoms with Gasteiger partial charge >= 0.3 is 11.9 Å². The first-order chi connectivity index (χ1) is 7.41. The van der Waals surface area contributed by atoms with Gasteiger partial charge in [-0.1, -0.05) is 13.3 Å². The summed E-state index contributed by atoms with van der Waals surface area (Å²) in [7, 11) is -1.75. The van der Waals surface area contributed by atoms with Gasteiger partial charge in [0.05, 0.1) is 6.61 Å². The fourth-order valence-electron chi connectivity index (χ4n) is 0.935. The number of ether oxygens (including phenoxy) is 1. The molecule has 0 fully saturated rings. The molecule has 0 saturated carbocycles. The number of aliphatic carboxylic acids is 1. The van der Waals surface area contributed by atoms with Crippen LogP contribution in [0.3, 0.4) is 0 Å². The highest BCUT2D eigenvalue weighted by molar-refractivity contribution is 7.87. The Morgan fingerprint density at radius 1 is 1.31 bits per heavy atom. The molecule has 0 aromatic carbocycles. The Morgan fingerprint density at radius 2 is 1.88 bits per heavy atom. The number of carbonyl (C=O) groups excluding carboxylic acids is 1. The first kappa shape index (κ1) is 15.1. The maximum Gasteiger partial charge on any atom is 0.321 e. The Labute approximate surface area is 97.6 Å². The third-order valence-electron chi connectivity index (χ3n) is 2.12. The zero-order valence-corrected chi connectivity index (χ0v) is 10.6. The summed E-state index contributed by atoms with van der Waals surface area (Å²) in [6, 6.07) is 0. The number of carbonyl (C=O) groups is 2. The Balaban J connectivity index is 4.22. The Morgan fingerprint density at radius 3 is 2.31 bits per heavy atom. The van der Waals surface area contributed by atoms with Crippen molar-refractivity contribution >= 4 is 22.7 Å². The van der Waals surface area contributed by atoms with Crippen LogP contribution in [0.1, 0.15) is 33.6 Å². The molecule has 0 aromatic rings. The lowest BCUT2D eigenvalue weighted by Crippen LogP contribution is -2.34. The fraction of sp³-hybridized carbons (Fsp3) is 0.800. The molecule has 0 amide bonds. The molecule has 5 nitrogen and oxygen atoms in total. The van der Waals surface area contributed by atoms with E-state index in [4.69, 9.17) is 9.84 Å². The predicted octanol–water partition coefficient (Wildman–Crippen LogP) is 0.940. The van der Waals surface area contributed by atoms with E-state index in [1.165, 1.54) is 13.8 Å². The maximum absolute atomic E-state index is 11.6. The lowest BCUT2D eigenvalue weighted by molar-refractivity contribution is -0.142. The largest absolute Gasteiger partial charge is 0.480 e. The van der Waals surface area contributed by atoms with Crippen molar-refractivity contribution in [2.24, 2.45) is 0 Å². The van der Waals surface area contributed by atoms with E-state index in [1.54, 1.807) is 0 Å². The number of carboxylic acid groups (broad SMARTS) is 1. The van der Waals surface area contributed by atoms with Gasteiger partial charge < -0.3 is 9.84 Å². The lowest BCUT2D eigenvalue weighted by Gasteiger charge is -2.13. The molecule has 6 heteroatoms. The van der Waals surface area contributed by atoms with Crippen molar-refractivity contribution in [2.75, 3.05) is 6.61 Å². The summed E-state index contributed by atoms with van der Waals surface area (Å²) in [6.45, 7) is 4.98. The van der Waals surface area contributed by atoms with Crippen LogP contribution in [0.2, 0.25) is 0 Å². The summed E-state index contributed by atoms with van der Waals surface area (Å²) in [6.07, 6.45) is 1.65. The smallest absolute Gasteiger partial charge is 0.321 e. The van der Waals surface area contributed by atoms with Crippen molar-refractivity contribution in [1.29, 1.82) is 0 Å². The summed E-state index contributed by atoms with van der Waals surface area (Å²) >= 11 is 0. The predicted molar refractivity (Wildman–Crippen MR) is 60.6 cm³/mol. The summed E-state index contributed by atoms with van der Waals surface area (Å²) in [5.74, 6) is -1.77. The molecule has 0 bridgehead atoms. The van der Waals surface area contributed by atoms with Crippen molar-refractivity contribution in [2.45, 2.75) is 44.1 Å². The van der Waals surface area contributed by atoms with Crippen molar-refractivity contribution in [3.05, 3.63) is 0 Å². The van der Waals surface area contributed by atoms with E-state index in [-0.39, 0.29) is 0 Å². The van der Waals surface area contributed by atoms with Crippen LogP contribution in [0, 0.1) is 0 Å². The van der Waals surface area contributed by atoms with Crippen LogP contribution in [0.25, 0.3) is 0 Å². The zero-order valence-electron chi connectivity index (χ0n) is 9.76. The minimum absolute atomic E-state index is 0.290. The molecule has 1 N–H and O–H groups in total. The number of hydrogen-bond donors (Lipinski definition) is 1. The van der Waals surface area contributed by atoms with Gasteiger partial charge in [-0.05, 0) is 20.3 Å². The number of rotatable bonds is 7. The molecule has 0 rings (SSSR count). The molecule has 0 spiro atoms. The normalized spacial score (nSPS) is 16.2. The monoisotopic (exact) mass is 250 g/mol. The minimum Gasteiger partial charge on any atom is -0.480 e. The first-order valence-electron chi connectivity index (χ1n) is 5.20. The van der Waals surface area contributed by atoms with E-state index in [0.29, 0.717) is 6.61 Å². The third-order valence-corrected chi connectivity index (χ3v) is 3.91. The van der Waals surface area contributed by atoms with Crippen molar-refractivity contribution in [1.82, 2.24) is 0 Å². The van der Waals surface area contributed by atoms with Gasteiger partial charge in [0.25, 0.3) is 0 Å². The molecule has 0 saturated heterocycles. The molecule has 0 radical (unpaired) electrons. The second-order valence-electron chi connectivity index (χ2n) is 3.47. The lowest BCUT2D eigenvalue weighted by atomic mass is 10.4. The van der Waals surface area contributed by atoms with E-state index < -0.39 is 33.2 Å². The van der Waals surface area contributed by atoms with Crippen molar-refractivity contribution in [3.63, 3.8) is 0 Å². The fourth-order valence-corrected chi connectivity index (χ4v) is 2.00. The second-order valence-corrected chi connectivity index (χ2v) is 5.54. The molecule has 0 aromatic heterocycles. The van der Waals surface area contributed by atoms with Gasteiger partial charge in [-0.15, -0.1) is 0 Å². The average molecular weight is 250 g/mol. The molecule has 16 heavy (non-hydrogen) atoms. The van der Waals surface area contributed by atoms with Gasteiger partial charge in [0, 0.05) is 10.8 Å². The minimum atomic E-state index is -1.75. The summed E-state index contributed by atoms with van der Waals surface area (Å²) in [5.41, 5.74) is 0. The van der Waals surface area contributed by atoms with Gasteiger partial charge in [-0.2, -0.15) is 0 Å². The SMILES string of the molecule is CCCCOC(=O)C(C)S(=O)C(C)C(=O)O. The Kier molecular flexibility index (Phi) is 6.96. The number of esters is 1. The van der Waals surface area contributed by atoms with E-state index in [9.17, 15) is 13.8 Å². The maximum atomic E-state index is 11.6. The van der Waals surface area contributed by atoms with E-state index >= 15 is 0 Å². The Bertz CT molecular complexity index is 276. The molecule has 94 valence electrons. The highest BCUT2D eigenvalue weighted by Gasteiger charge is 2.29. The van der Waals surface area contributed by atoms with E-state index in [2.05, 4.69) is 0 Å². The topological polar surface area (TPSA) is 80.7 Å². The van der Waals surface area contributed by atoms with Crippen LogP contribution >= 0.6 is 0 Å². The van der Waals surface area contributed by atoms with Crippen LogP contribution in [0.4, 0.5) is 0 Å². The molecular formula is C10H18O5S. The summed E-state index contributed by atoms with van der Waals surface area (Å²) in [5, 5.41) is 6.69. The van der Waals surface area contributed by atoms with Gasteiger partial charge in [-0.3, -0.25) is 13.8 Å². The van der Waals surface area contributed by atoms with Crippen molar-refractivity contribution in [3.8, 4) is 0 Å². The van der Waals surface area contributed by atoms with E-state index in [1.807, 2.05) is 6.92 Å². The highest BCUT2D eigenvalue weighted by atomic mass is 32.2. The van der Waals surface area contributed by atoms with Crippen LogP contribution in [-0.2, 0) is 25.1 Å². The van der Waals surface area contributed by atoms with Gasteiger partial charge in [0.15, 0.2) is 0 Å². The number of hydrogen-bond acceptors (Lipinski definition) is 4. The number of carboxylic acids is 1. The van der Waals surface area contributed by atoms with Crippen molar-refractivity contribution < 1.29 is 23.6 Å². The summed E-state index contributed by atoms with van der Waals surface area (Å²) < 4.78 is 16.5. The molecule has 0 aliphatic rings. The van der Waals surface area contributed by atoms with Crippen LogP contribution in [0.15, 0.2) is 0 Å². The Hall–Kier alpha value is -0.910. The molecule has 0 aliphatic carbocycles. The van der Waals surface area contributed by atoms with Gasteiger partial charge in [0.2, 0.25) is 0 Å².